The maximum absolute atomic E-state index is 9.98. The summed E-state index contributed by atoms with van der Waals surface area (Å²) in [6.07, 6.45) is 4.66. The number of hydrogen-bond donors (Lipinski definition) is 1. The van der Waals surface area contributed by atoms with Gasteiger partial charge in [-0.25, -0.2) is 0 Å². The molecule has 11 heavy (non-hydrogen) atoms. The predicted molar refractivity (Wildman–Crippen MR) is 43.1 cm³/mol. The zero-order valence-corrected chi connectivity index (χ0v) is 6.04. The maximum Gasteiger partial charge on any atom is 0.113 e. The van der Waals surface area contributed by atoms with Gasteiger partial charge in [-0.1, -0.05) is 24.3 Å². The molecule has 0 amide bonds. The second kappa shape index (κ2) is 1.41. The number of fused-ring (bicyclic) bond motifs is 1. The standard InChI is InChI=1S/C10H8O/c11-10-4-3-8-5-7(6-10)1-2-9(8)10/h1-5,11H,6H2. The van der Waals surface area contributed by atoms with Crippen LogP contribution in [0.5, 0.6) is 0 Å². The lowest BCUT2D eigenvalue weighted by atomic mass is 9.83. The van der Waals surface area contributed by atoms with Crippen molar-refractivity contribution in [2.24, 2.45) is 0 Å². The van der Waals surface area contributed by atoms with Crippen molar-refractivity contribution in [3.63, 3.8) is 0 Å². The molecule has 0 saturated carbocycles. The molecule has 4 rings (SSSR count). The fourth-order valence-electron chi connectivity index (χ4n) is 2.04. The molecule has 0 aromatic heterocycles. The molecule has 1 atom stereocenters. The van der Waals surface area contributed by atoms with Gasteiger partial charge in [0, 0.05) is 6.42 Å². The van der Waals surface area contributed by atoms with Crippen LogP contribution >= 0.6 is 0 Å². The van der Waals surface area contributed by atoms with Crippen LogP contribution in [0.25, 0.3) is 6.08 Å². The lowest BCUT2D eigenvalue weighted by molar-refractivity contribution is 0.0901. The topological polar surface area (TPSA) is 20.2 Å². The Morgan fingerprint density at radius 2 is 2.27 bits per heavy atom. The van der Waals surface area contributed by atoms with Gasteiger partial charge in [-0.2, -0.15) is 0 Å². The average molecular weight is 144 g/mol. The van der Waals surface area contributed by atoms with Crippen molar-refractivity contribution in [3.8, 4) is 0 Å². The van der Waals surface area contributed by atoms with Gasteiger partial charge in [0.2, 0.25) is 0 Å². The largest absolute Gasteiger partial charge is 0.381 e. The first-order valence-corrected chi connectivity index (χ1v) is 3.83. The molecule has 4 bridgehead atoms. The van der Waals surface area contributed by atoms with Crippen molar-refractivity contribution in [3.05, 3.63) is 41.0 Å². The summed E-state index contributed by atoms with van der Waals surface area (Å²) in [7, 11) is 0. The van der Waals surface area contributed by atoms with E-state index in [0.29, 0.717) is 0 Å². The van der Waals surface area contributed by atoms with Crippen LogP contribution in [0, 0.1) is 0 Å². The molecular formula is C10H8O. The summed E-state index contributed by atoms with van der Waals surface area (Å²) in [4.78, 5) is 0. The molecule has 3 aliphatic carbocycles. The third-order valence-corrected chi connectivity index (χ3v) is 2.59. The van der Waals surface area contributed by atoms with E-state index in [-0.39, 0.29) is 0 Å². The molecule has 0 saturated heterocycles. The number of rotatable bonds is 0. The van der Waals surface area contributed by atoms with E-state index < -0.39 is 5.60 Å². The molecule has 0 radical (unpaired) electrons. The van der Waals surface area contributed by atoms with E-state index in [1.807, 2.05) is 18.2 Å². The monoisotopic (exact) mass is 144 g/mol. The lowest BCUT2D eigenvalue weighted by Crippen LogP contribution is -2.27. The van der Waals surface area contributed by atoms with Crippen LogP contribution in [-0.2, 0) is 12.0 Å². The van der Waals surface area contributed by atoms with Gasteiger partial charge in [0.15, 0.2) is 0 Å². The summed E-state index contributed by atoms with van der Waals surface area (Å²) in [6, 6.07) is 6.25. The summed E-state index contributed by atoms with van der Waals surface area (Å²) in [5.41, 5.74) is 2.86. The summed E-state index contributed by atoms with van der Waals surface area (Å²) in [5, 5.41) is 9.98. The lowest BCUT2D eigenvalue weighted by Gasteiger charge is -2.27. The molecule has 1 heteroatoms. The van der Waals surface area contributed by atoms with Crippen LogP contribution in [0.4, 0.5) is 0 Å². The van der Waals surface area contributed by atoms with E-state index in [9.17, 15) is 5.11 Å². The number of aliphatic hydroxyl groups is 1. The minimum atomic E-state index is -0.645. The van der Waals surface area contributed by atoms with Crippen LogP contribution in [0.2, 0.25) is 0 Å². The summed E-state index contributed by atoms with van der Waals surface area (Å²) >= 11 is 0. The van der Waals surface area contributed by atoms with Gasteiger partial charge < -0.3 is 5.11 Å². The second-order valence-corrected chi connectivity index (χ2v) is 3.36. The predicted octanol–water partition coefficient (Wildman–Crippen LogP) is 1.46. The molecule has 0 fully saturated rings. The van der Waals surface area contributed by atoms with Crippen molar-refractivity contribution >= 4 is 6.08 Å². The molecule has 1 aromatic rings. The van der Waals surface area contributed by atoms with Gasteiger partial charge in [0.05, 0.1) is 0 Å². The van der Waals surface area contributed by atoms with Crippen LogP contribution in [-0.4, -0.2) is 5.11 Å². The Morgan fingerprint density at radius 3 is 2.91 bits per heavy atom. The van der Waals surface area contributed by atoms with E-state index in [4.69, 9.17) is 0 Å². The van der Waals surface area contributed by atoms with Gasteiger partial charge >= 0.3 is 0 Å². The maximum atomic E-state index is 9.98. The van der Waals surface area contributed by atoms with Crippen molar-refractivity contribution < 1.29 is 5.11 Å². The fraction of sp³-hybridized carbons (Fsp3) is 0.200. The Bertz CT molecular complexity index is 365. The first-order chi connectivity index (χ1) is 5.28. The molecule has 0 spiro atoms. The highest BCUT2D eigenvalue weighted by molar-refractivity contribution is 5.67. The molecule has 1 aromatic carbocycles. The van der Waals surface area contributed by atoms with Crippen molar-refractivity contribution in [2.45, 2.75) is 12.0 Å². The Balaban J connectivity index is 2.46. The average Bonchev–Trinajstić information content (AvgIpc) is 2.23. The van der Waals surface area contributed by atoms with Crippen LogP contribution in [0.3, 0.4) is 0 Å². The van der Waals surface area contributed by atoms with Gasteiger partial charge in [0.25, 0.3) is 0 Å². The molecule has 0 heterocycles. The smallest absolute Gasteiger partial charge is 0.113 e. The number of benzene rings is 1. The quantitative estimate of drug-likeness (QED) is 0.584. The summed E-state index contributed by atoms with van der Waals surface area (Å²) in [5.74, 6) is 0. The molecular weight excluding hydrogens is 136 g/mol. The Hall–Kier alpha value is -1.08. The van der Waals surface area contributed by atoms with Crippen LogP contribution < -0.4 is 0 Å². The molecule has 1 nitrogen and oxygen atoms in total. The molecule has 1 N–H and O–H groups in total. The van der Waals surface area contributed by atoms with Crippen molar-refractivity contribution in [1.29, 1.82) is 0 Å². The molecule has 0 aliphatic heterocycles. The zero-order chi connectivity index (χ0) is 7.47. The highest BCUT2D eigenvalue weighted by Crippen LogP contribution is 2.41. The molecule has 1 unspecified atom stereocenters. The third-order valence-electron chi connectivity index (χ3n) is 2.59. The summed E-state index contributed by atoms with van der Waals surface area (Å²) in [6.45, 7) is 0. The summed E-state index contributed by atoms with van der Waals surface area (Å²) < 4.78 is 0. The van der Waals surface area contributed by atoms with Gasteiger partial charge in [-0.3, -0.25) is 0 Å². The molecule has 54 valence electrons. The van der Waals surface area contributed by atoms with Gasteiger partial charge in [-0.05, 0) is 22.8 Å². The Morgan fingerprint density at radius 1 is 1.36 bits per heavy atom. The van der Waals surface area contributed by atoms with E-state index >= 15 is 0 Å². The van der Waals surface area contributed by atoms with Crippen molar-refractivity contribution in [1.82, 2.24) is 0 Å². The normalized spacial score (nSPS) is 29.9. The van der Waals surface area contributed by atoms with Gasteiger partial charge in [-0.15, -0.1) is 0 Å². The third kappa shape index (κ3) is 0.511. The molecule has 3 aliphatic rings. The second-order valence-electron chi connectivity index (χ2n) is 3.36. The van der Waals surface area contributed by atoms with Gasteiger partial charge in [0.1, 0.15) is 5.60 Å². The fourth-order valence-corrected chi connectivity index (χ4v) is 2.04. The minimum Gasteiger partial charge on any atom is -0.381 e. The first-order valence-electron chi connectivity index (χ1n) is 3.83. The number of hydrogen-bond acceptors (Lipinski definition) is 1. The van der Waals surface area contributed by atoms with E-state index in [1.165, 1.54) is 11.1 Å². The first kappa shape index (κ1) is 5.56. The highest BCUT2D eigenvalue weighted by atomic mass is 16.3. The van der Waals surface area contributed by atoms with Crippen molar-refractivity contribution in [2.75, 3.05) is 0 Å². The minimum absolute atomic E-state index is 0.645. The Kier molecular flexibility index (Phi) is 0.712. The van der Waals surface area contributed by atoms with E-state index in [1.54, 1.807) is 0 Å². The highest BCUT2D eigenvalue weighted by Gasteiger charge is 2.36. The van der Waals surface area contributed by atoms with E-state index in [2.05, 4.69) is 12.1 Å². The van der Waals surface area contributed by atoms with Crippen LogP contribution in [0.1, 0.15) is 16.7 Å². The Labute approximate surface area is 65.0 Å². The van der Waals surface area contributed by atoms with Crippen LogP contribution in [0.15, 0.2) is 24.3 Å². The zero-order valence-electron chi connectivity index (χ0n) is 6.04. The van der Waals surface area contributed by atoms with E-state index in [0.717, 1.165) is 12.0 Å². The SMILES string of the molecule is OC12C=Cc3cc(ccc31)C2.